The first kappa shape index (κ1) is 22.5. The lowest BCUT2D eigenvalue weighted by Crippen LogP contribution is -2.23. The Kier molecular flexibility index (Phi) is 8.42. The molecule has 0 radical (unpaired) electrons. The van der Waals surface area contributed by atoms with Crippen molar-refractivity contribution in [3.8, 4) is 22.1 Å². The maximum Gasteiger partial charge on any atom is 0.221 e. The first-order valence-corrected chi connectivity index (χ1v) is 11.8. The van der Waals surface area contributed by atoms with Gasteiger partial charge in [0, 0.05) is 40.4 Å². The van der Waals surface area contributed by atoms with Crippen molar-refractivity contribution in [2.75, 3.05) is 20.0 Å². The number of halogens is 1. The molecule has 30 heavy (non-hydrogen) atoms. The van der Waals surface area contributed by atoms with E-state index in [1.165, 1.54) is 0 Å². The molecule has 0 fully saturated rings. The molecule has 0 unspecified atom stereocenters. The second-order valence-electron chi connectivity index (χ2n) is 6.38. The summed E-state index contributed by atoms with van der Waals surface area (Å²) >= 11 is 9.39. The molecule has 158 valence electrons. The second kappa shape index (κ2) is 11.2. The molecule has 0 saturated carbocycles. The lowest BCUT2D eigenvalue weighted by molar-refractivity contribution is -0.120. The summed E-state index contributed by atoms with van der Waals surface area (Å²) in [4.78, 5) is 16.7. The summed E-state index contributed by atoms with van der Waals surface area (Å²) in [6.07, 6.45) is 0.460. The van der Waals surface area contributed by atoms with Gasteiger partial charge in [0.25, 0.3) is 0 Å². The van der Waals surface area contributed by atoms with E-state index in [2.05, 4.69) is 10.7 Å². The van der Waals surface area contributed by atoms with Gasteiger partial charge in [0.2, 0.25) is 5.91 Å². The number of hydrogen-bond acceptors (Lipinski definition) is 6. The highest BCUT2D eigenvalue weighted by molar-refractivity contribution is 7.98. The Morgan fingerprint density at radius 2 is 1.97 bits per heavy atom. The van der Waals surface area contributed by atoms with E-state index in [1.807, 2.05) is 42.5 Å². The fraction of sp³-hybridized carbons (Fsp3) is 0.273. The zero-order valence-electron chi connectivity index (χ0n) is 16.8. The molecule has 1 amide bonds. The van der Waals surface area contributed by atoms with Crippen LogP contribution in [0.2, 0.25) is 5.02 Å². The molecule has 3 rings (SSSR count). The first-order valence-electron chi connectivity index (χ1n) is 9.35. The minimum Gasteiger partial charge on any atom is -0.493 e. The van der Waals surface area contributed by atoms with Gasteiger partial charge in [0.1, 0.15) is 5.01 Å². The van der Waals surface area contributed by atoms with Crippen LogP contribution in [-0.2, 0) is 17.1 Å². The summed E-state index contributed by atoms with van der Waals surface area (Å²) in [7, 11) is 3.24. The Labute approximate surface area is 189 Å². The van der Waals surface area contributed by atoms with Crippen molar-refractivity contribution in [3.63, 3.8) is 0 Å². The Bertz CT molecular complexity index is 994. The van der Waals surface area contributed by atoms with Gasteiger partial charge < -0.3 is 14.8 Å². The van der Waals surface area contributed by atoms with E-state index in [-0.39, 0.29) is 5.91 Å². The Balaban J connectivity index is 1.43. The molecule has 0 atom stereocenters. The number of benzene rings is 2. The average molecular weight is 463 g/mol. The van der Waals surface area contributed by atoms with Crippen molar-refractivity contribution in [1.29, 1.82) is 0 Å². The van der Waals surface area contributed by atoms with Crippen molar-refractivity contribution in [3.05, 3.63) is 64.1 Å². The Morgan fingerprint density at radius 3 is 2.73 bits per heavy atom. The maximum absolute atomic E-state index is 12.0. The smallest absolute Gasteiger partial charge is 0.221 e. The number of nitrogens with one attached hydrogen (secondary N) is 1. The molecule has 1 heterocycles. The maximum atomic E-state index is 12.0. The number of rotatable bonds is 10. The number of thioether (sulfide) groups is 1. The van der Waals surface area contributed by atoms with E-state index in [1.54, 1.807) is 37.3 Å². The number of amides is 1. The van der Waals surface area contributed by atoms with E-state index in [0.717, 1.165) is 33.3 Å². The standard InChI is InChI=1S/C22H23ClN2O3S2/c1-27-19-8-7-15(11-20(19)28-2)22-25-17(14-30-22)13-29-10-9-21(26)24-12-16-5-3-4-6-18(16)23/h3-8,11,14H,9-10,12-13H2,1-2H3,(H,24,26). The number of carbonyl (C=O) groups excluding carboxylic acids is 1. The molecule has 8 heteroatoms. The predicted octanol–water partition coefficient (Wildman–Crippen LogP) is 5.42. The third-order valence-electron chi connectivity index (χ3n) is 4.34. The zero-order valence-corrected chi connectivity index (χ0v) is 19.2. The number of nitrogens with zero attached hydrogens (tertiary/aromatic N) is 1. The molecule has 3 aromatic rings. The zero-order chi connectivity index (χ0) is 21.3. The Hall–Kier alpha value is -2.22. The van der Waals surface area contributed by atoms with Crippen LogP contribution in [0.3, 0.4) is 0 Å². The fourth-order valence-corrected chi connectivity index (χ4v) is 4.70. The third kappa shape index (κ3) is 6.14. The monoisotopic (exact) mass is 462 g/mol. The molecule has 0 aliphatic rings. The number of thiazole rings is 1. The van der Waals surface area contributed by atoms with Gasteiger partial charge in [-0.3, -0.25) is 4.79 Å². The number of methoxy groups -OCH3 is 2. The van der Waals surface area contributed by atoms with Gasteiger partial charge in [-0.15, -0.1) is 11.3 Å². The largest absolute Gasteiger partial charge is 0.493 e. The second-order valence-corrected chi connectivity index (χ2v) is 8.75. The van der Waals surface area contributed by atoms with Crippen LogP contribution in [0.25, 0.3) is 10.6 Å². The van der Waals surface area contributed by atoms with Crippen molar-refractivity contribution in [2.45, 2.75) is 18.7 Å². The molecule has 0 spiro atoms. The molecular formula is C22H23ClN2O3S2. The molecule has 0 saturated heterocycles. The topological polar surface area (TPSA) is 60.5 Å². The number of ether oxygens (including phenoxy) is 2. The lowest BCUT2D eigenvalue weighted by Gasteiger charge is -2.08. The summed E-state index contributed by atoms with van der Waals surface area (Å²) in [5.41, 5.74) is 2.92. The fourth-order valence-electron chi connectivity index (χ4n) is 2.74. The van der Waals surface area contributed by atoms with Crippen molar-refractivity contribution >= 4 is 40.6 Å². The van der Waals surface area contributed by atoms with Crippen LogP contribution >= 0.6 is 34.7 Å². The van der Waals surface area contributed by atoms with Crippen molar-refractivity contribution in [1.82, 2.24) is 10.3 Å². The van der Waals surface area contributed by atoms with Gasteiger partial charge in [-0.2, -0.15) is 11.8 Å². The van der Waals surface area contributed by atoms with Gasteiger partial charge in [-0.05, 0) is 29.8 Å². The van der Waals surface area contributed by atoms with Crippen LogP contribution < -0.4 is 14.8 Å². The quantitative estimate of drug-likeness (QED) is 0.407. The van der Waals surface area contributed by atoms with E-state index >= 15 is 0 Å². The molecule has 2 aromatic carbocycles. The normalized spacial score (nSPS) is 10.6. The average Bonchev–Trinajstić information content (AvgIpc) is 3.24. The van der Waals surface area contributed by atoms with Crippen LogP contribution in [0.15, 0.2) is 47.8 Å². The number of hydrogen-bond donors (Lipinski definition) is 1. The van der Waals surface area contributed by atoms with Gasteiger partial charge in [0.05, 0.1) is 19.9 Å². The van der Waals surface area contributed by atoms with E-state index < -0.39 is 0 Å². The molecule has 1 aromatic heterocycles. The molecule has 1 N–H and O–H groups in total. The minimum absolute atomic E-state index is 0.0201. The summed E-state index contributed by atoms with van der Waals surface area (Å²) in [6.45, 7) is 0.448. The Morgan fingerprint density at radius 1 is 1.17 bits per heavy atom. The molecule has 0 aliphatic heterocycles. The summed E-state index contributed by atoms with van der Waals surface area (Å²) < 4.78 is 10.6. The molecule has 5 nitrogen and oxygen atoms in total. The van der Waals surface area contributed by atoms with Gasteiger partial charge in [-0.1, -0.05) is 29.8 Å². The summed E-state index contributed by atoms with van der Waals surface area (Å²) in [5.74, 6) is 2.90. The third-order valence-corrected chi connectivity index (χ3v) is 6.64. The van der Waals surface area contributed by atoms with E-state index in [4.69, 9.17) is 26.1 Å². The van der Waals surface area contributed by atoms with Crippen LogP contribution in [-0.4, -0.2) is 30.9 Å². The van der Waals surface area contributed by atoms with Crippen molar-refractivity contribution < 1.29 is 14.3 Å². The predicted molar refractivity (Wildman–Crippen MR) is 125 cm³/mol. The van der Waals surface area contributed by atoms with Crippen LogP contribution in [0, 0.1) is 0 Å². The lowest BCUT2D eigenvalue weighted by atomic mass is 10.2. The summed E-state index contributed by atoms with van der Waals surface area (Å²) in [5, 5.41) is 6.57. The van der Waals surface area contributed by atoms with Crippen LogP contribution in [0.1, 0.15) is 17.7 Å². The highest BCUT2D eigenvalue weighted by Gasteiger charge is 2.10. The first-order chi connectivity index (χ1) is 14.6. The number of carbonyl (C=O) groups is 1. The van der Waals surface area contributed by atoms with E-state index in [0.29, 0.717) is 29.5 Å². The van der Waals surface area contributed by atoms with Gasteiger partial charge in [-0.25, -0.2) is 4.98 Å². The highest BCUT2D eigenvalue weighted by Crippen LogP contribution is 2.34. The van der Waals surface area contributed by atoms with Crippen molar-refractivity contribution in [2.24, 2.45) is 0 Å². The van der Waals surface area contributed by atoms with E-state index in [9.17, 15) is 4.79 Å². The molecule has 0 bridgehead atoms. The van der Waals surface area contributed by atoms with Crippen LogP contribution in [0.5, 0.6) is 11.5 Å². The summed E-state index contributed by atoms with van der Waals surface area (Å²) in [6, 6.07) is 13.3. The van der Waals surface area contributed by atoms with Crippen LogP contribution in [0.4, 0.5) is 0 Å². The van der Waals surface area contributed by atoms with Gasteiger partial charge >= 0.3 is 0 Å². The number of aromatic nitrogens is 1. The SMILES string of the molecule is COc1ccc(-c2nc(CSCCC(=O)NCc3ccccc3Cl)cs2)cc1OC. The minimum atomic E-state index is 0.0201. The molecule has 0 aliphatic carbocycles. The van der Waals surface area contributed by atoms with Gasteiger partial charge in [0.15, 0.2) is 11.5 Å². The highest BCUT2D eigenvalue weighted by atomic mass is 35.5. The molecular weight excluding hydrogens is 440 g/mol.